The van der Waals surface area contributed by atoms with E-state index in [9.17, 15) is 4.39 Å². The molecule has 0 aromatic heterocycles. The highest BCUT2D eigenvalue weighted by Gasteiger charge is 2.26. The topological polar surface area (TPSA) is 12.0 Å². The van der Waals surface area contributed by atoms with Gasteiger partial charge in [-0.2, -0.15) is 11.8 Å². The van der Waals surface area contributed by atoms with Crippen LogP contribution in [0.1, 0.15) is 11.1 Å². The van der Waals surface area contributed by atoms with Gasteiger partial charge in [0.05, 0.1) is 0 Å². The highest BCUT2D eigenvalue weighted by atomic mass is 32.2. The van der Waals surface area contributed by atoms with E-state index in [2.05, 4.69) is 12.2 Å². The lowest BCUT2D eigenvalue weighted by Gasteiger charge is -2.19. The number of hydrogen-bond donors (Lipinski definition) is 1. The van der Waals surface area contributed by atoms with E-state index in [4.69, 9.17) is 0 Å². The first-order valence-corrected chi connectivity index (χ1v) is 6.86. The Morgan fingerprint density at radius 1 is 1.44 bits per heavy atom. The summed E-state index contributed by atoms with van der Waals surface area (Å²) in [5, 5.41) is 3.35. The lowest BCUT2D eigenvalue weighted by Crippen LogP contribution is -2.33. The number of thioether (sulfide) groups is 1. The van der Waals surface area contributed by atoms with Gasteiger partial charge in [0.25, 0.3) is 0 Å². The second kappa shape index (κ2) is 5.19. The molecule has 88 valence electrons. The van der Waals surface area contributed by atoms with E-state index in [1.54, 1.807) is 6.07 Å². The van der Waals surface area contributed by atoms with Crippen LogP contribution in [0.2, 0.25) is 0 Å². The van der Waals surface area contributed by atoms with Gasteiger partial charge in [0.1, 0.15) is 5.82 Å². The molecule has 1 heterocycles. The molecule has 2 unspecified atom stereocenters. The van der Waals surface area contributed by atoms with Crippen molar-refractivity contribution >= 4 is 11.8 Å². The molecule has 0 aliphatic carbocycles. The summed E-state index contributed by atoms with van der Waals surface area (Å²) in [4.78, 5) is 0. The summed E-state index contributed by atoms with van der Waals surface area (Å²) in [5.74, 6) is 2.87. The van der Waals surface area contributed by atoms with Gasteiger partial charge >= 0.3 is 0 Å². The molecule has 16 heavy (non-hydrogen) atoms. The zero-order chi connectivity index (χ0) is 11.5. The summed E-state index contributed by atoms with van der Waals surface area (Å²) < 4.78 is 13.2. The maximum atomic E-state index is 13.2. The monoisotopic (exact) mass is 239 g/mol. The Hall–Kier alpha value is -0.540. The zero-order valence-electron chi connectivity index (χ0n) is 9.79. The van der Waals surface area contributed by atoms with Crippen LogP contribution in [0.3, 0.4) is 0 Å². The van der Waals surface area contributed by atoms with Gasteiger partial charge in [-0.15, -0.1) is 0 Å². The van der Waals surface area contributed by atoms with E-state index in [0.717, 1.165) is 12.0 Å². The fraction of sp³-hybridized carbons (Fsp3) is 0.538. The molecule has 2 rings (SSSR count). The van der Waals surface area contributed by atoms with Crippen molar-refractivity contribution in [3.05, 3.63) is 35.1 Å². The largest absolute Gasteiger partial charge is 0.316 e. The van der Waals surface area contributed by atoms with Gasteiger partial charge in [-0.05, 0) is 55.3 Å². The van der Waals surface area contributed by atoms with Gasteiger partial charge in [0, 0.05) is 11.8 Å². The second-order valence-corrected chi connectivity index (χ2v) is 5.54. The highest BCUT2D eigenvalue weighted by Crippen LogP contribution is 2.28. The number of rotatable bonds is 3. The van der Waals surface area contributed by atoms with E-state index < -0.39 is 0 Å². The van der Waals surface area contributed by atoms with Gasteiger partial charge in [-0.1, -0.05) is 6.07 Å². The molecule has 1 aromatic rings. The number of benzene rings is 1. The van der Waals surface area contributed by atoms with E-state index in [-0.39, 0.29) is 5.82 Å². The third-order valence-electron chi connectivity index (χ3n) is 3.36. The van der Waals surface area contributed by atoms with Gasteiger partial charge in [0.15, 0.2) is 0 Å². The van der Waals surface area contributed by atoms with Crippen molar-refractivity contribution in [2.45, 2.75) is 19.4 Å². The van der Waals surface area contributed by atoms with Crippen molar-refractivity contribution in [1.29, 1.82) is 0 Å². The molecule has 0 saturated carbocycles. The fourth-order valence-corrected chi connectivity index (χ4v) is 3.74. The second-order valence-electron chi connectivity index (χ2n) is 4.47. The molecule has 1 aliphatic heterocycles. The predicted octanol–water partition coefficient (Wildman–Crippen LogP) is 2.63. The van der Waals surface area contributed by atoms with Gasteiger partial charge < -0.3 is 5.32 Å². The third-order valence-corrected chi connectivity index (χ3v) is 4.62. The first kappa shape index (κ1) is 11.9. The lowest BCUT2D eigenvalue weighted by atomic mass is 9.93. The molecule has 1 aromatic carbocycles. The molecular formula is C13H18FNS. The Morgan fingerprint density at radius 3 is 3.00 bits per heavy atom. The van der Waals surface area contributed by atoms with Crippen molar-refractivity contribution < 1.29 is 4.39 Å². The first-order chi connectivity index (χ1) is 7.70. The smallest absolute Gasteiger partial charge is 0.123 e. The van der Waals surface area contributed by atoms with E-state index in [0.29, 0.717) is 12.0 Å². The van der Waals surface area contributed by atoms with Crippen LogP contribution < -0.4 is 5.32 Å². The number of aryl methyl sites for hydroxylation is 1. The Labute approximate surface area is 101 Å². The number of nitrogens with one attached hydrogen (secondary N) is 1. The average Bonchev–Trinajstić information content (AvgIpc) is 2.71. The zero-order valence-corrected chi connectivity index (χ0v) is 10.6. The van der Waals surface area contributed by atoms with Gasteiger partial charge in [0.2, 0.25) is 0 Å². The molecule has 1 N–H and O–H groups in total. The van der Waals surface area contributed by atoms with Crippen LogP contribution >= 0.6 is 11.8 Å². The molecule has 0 amide bonds. The van der Waals surface area contributed by atoms with Crippen molar-refractivity contribution in [2.24, 2.45) is 5.92 Å². The molecule has 0 spiro atoms. The fourth-order valence-electron chi connectivity index (χ4n) is 2.26. The molecule has 1 aliphatic rings. The molecule has 1 saturated heterocycles. The SMILES string of the molecule is CNC1CSCC1Cc1cc(F)ccc1C. The van der Waals surface area contributed by atoms with Crippen LogP contribution in [0, 0.1) is 18.7 Å². The Morgan fingerprint density at radius 2 is 2.25 bits per heavy atom. The summed E-state index contributed by atoms with van der Waals surface area (Å²) in [6.07, 6.45) is 0.988. The maximum Gasteiger partial charge on any atom is 0.123 e. The van der Waals surface area contributed by atoms with Crippen LogP contribution in [-0.2, 0) is 6.42 Å². The van der Waals surface area contributed by atoms with E-state index in [1.807, 2.05) is 24.9 Å². The molecule has 0 radical (unpaired) electrons. The quantitative estimate of drug-likeness (QED) is 0.870. The van der Waals surface area contributed by atoms with E-state index in [1.165, 1.54) is 23.1 Å². The highest BCUT2D eigenvalue weighted by molar-refractivity contribution is 7.99. The Balaban J connectivity index is 2.11. The molecule has 3 heteroatoms. The summed E-state index contributed by atoms with van der Waals surface area (Å²) in [5.41, 5.74) is 2.36. The third kappa shape index (κ3) is 2.58. The maximum absolute atomic E-state index is 13.2. The van der Waals surface area contributed by atoms with Gasteiger partial charge in [-0.25, -0.2) is 4.39 Å². The lowest BCUT2D eigenvalue weighted by molar-refractivity contribution is 0.452. The minimum absolute atomic E-state index is 0.118. The van der Waals surface area contributed by atoms with Crippen molar-refractivity contribution in [1.82, 2.24) is 5.32 Å². The molecular weight excluding hydrogens is 221 g/mol. The molecule has 1 fully saturated rings. The van der Waals surface area contributed by atoms with Crippen LogP contribution in [0.15, 0.2) is 18.2 Å². The minimum atomic E-state index is -0.118. The van der Waals surface area contributed by atoms with Crippen molar-refractivity contribution in [3.63, 3.8) is 0 Å². The molecule has 2 atom stereocenters. The van der Waals surface area contributed by atoms with E-state index >= 15 is 0 Å². The van der Waals surface area contributed by atoms with Crippen molar-refractivity contribution in [2.75, 3.05) is 18.6 Å². The first-order valence-electron chi connectivity index (χ1n) is 5.70. The normalized spacial score (nSPS) is 24.9. The van der Waals surface area contributed by atoms with Crippen LogP contribution in [0.4, 0.5) is 4.39 Å². The van der Waals surface area contributed by atoms with Crippen LogP contribution in [0.25, 0.3) is 0 Å². The van der Waals surface area contributed by atoms with Crippen LogP contribution in [-0.4, -0.2) is 24.6 Å². The van der Waals surface area contributed by atoms with Crippen molar-refractivity contribution in [3.8, 4) is 0 Å². The number of halogens is 1. The summed E-state index contributed by atoms with van der Waals surface area (Å²) in [7, 11) is 2.02. The molecule has 0 bridgehead atoms. The molecule has 1 nitrogen and oxygen atoms in total. The summed E-state index contributed by atoms with van der Waals surface area (Å²) in [6, 6.07) is 5.68. The number of hydrogen-bond acceptors (Lipinski definition) is 2. The van der Waals surface area contributed by atoms with Gasteiger partial charge in [-0.3, -0.25) is 0 Å². The summed E-state index contributed by atoms with van der Waals surface area (Å²) >= 11 is 1.99. The minimum Gasteiger partial charge on any atom is -0.316 e. The Bertz CT molecular complexity index is 367. The summed E-state index contributed by atoms with van der Waals surface area (Å²) in [6.45, 7) is 2.06. The average molecular weight is 239 g/mol. The Kier molecular flexibility index (Phi) is 3.87. The predicted molar refractivity (Wildman–Crippen MR) is 68.5 cm³/mol. The van der Waals surface area contributed by atoms with Crippen LogP contribution in [0.5, 0.6) is 0 Å². The standard InChI is InChI=1S/C13H18FNS/c1-9-3-4-12(14)6-10(9)5-11-7-16-8-13(11)15-2/h3-4,6,11,13,15H,5,7-8H2,1-2H3.